The Morgan fingerprint density at radius 2 is 1.93 bits per heavy atom. The summed E-state index contributed by atoms with van der Waals surface area (Å²) in [7, 11) is 0. The molecule has 0 N–H and O–H groups in total. The van der Waals surface area contributed by atoms with Gasteiger partial charge in [0.1, 0.15) is 0 Å². The summed E-state index contributed by atoms with van der Waals surface area (Å²) in [6.45, 7) is 4.00. The van der Waals surface area contributed by atoms with Crippen LogP contribution in [0.1, 0.15) is 36.2 Å². The minimum atomic E-state index is 0.0792. The minimum absolute atomic E-state index is 0.0792. The number of aryl methyl sites for hydroxylation is 1. The van der Waals surface area contributed by atoms with Crippen LogP contribution in [0.4, 0.5) is 0 Å². The topological polar surface area (TPSA) is 17.1 Å². The van der Waals surface area contributed by atoms with Crippen molar-refractivity contribution in [3.8, 4) is 0 Å². The van der Waals surface area contributed by atoms with Crippen LogP contribution in [0.3, 0.4) is 0 Å². The second kappa shape index (κ2) is 5.38. The Hall–Kier alpha value is -1.37. The minimum Gasteiger partial charge on any atom is -0.289 e. The molecule has 0 aliphatic rings. The standard InChI is InChI=1S/C13H16O/c1-3-5-11-7-9-12(10-8-11)13(14)6-4-2/h4,6-10H,3,5H2,1-2H3/b6-4+. The van der Waals surface area contributed by atoms with Crippen molar-refractivity contribution in [3.05, 3.63) is 47.5 Å². The number of benzene rings is 1. The van der Waals surface area contributed by atoms with Crippen LogP contribution in [-0.2, 0) is 6.42 Å². The van der Waals surface area contributed by atoms with Crippen molar-refractivity contribution in [2.24, 2.45) is 0 Å². The zero-order chi connectivity index (χ0) is 10.4. The highest BCUT2D eigenvalue weighted by atomic mass is 16.1. The summed E-state index contributed by atoms with van der Waals surface area (Å²) in [5, 5.41) is 0. The van der Waals surface area contributed by atoms with E-state index in [1.807, 2.05) is 31.2 Å². The van der Waals surface area contributed by atoms with E-state index >= 15 is 0 Å². The van der Waals surface area contributed by atoms with E-state index in [9.17, 15) is 4.79 Å². The molecule has 0 atom stereocenters. The van der Waals surface area contributed by atoms with Gasteiger partial charge in [-0.3, -0.25) is 4.79 Å². The van der Waals surface area contributed by atoms with Gasteiger partial charge in [-0.05, 0) is 25.0 Å². The molecule has 1 aromatic carbocycles. The SMILES string of the molecule is C/C=C/C(=O)c1ccc(CCC)cc1. The molecule has 1 rings (SSSR count). The monoisotopic (exact) mass is 188 g/mol. The summed E-state index contributed by atoms with van der Waals surface area (Å²) in [5.74, 6) is 0.0792. The lowest BCUT2D eigenvalue weighted by Gasteiger charge is -1.99. The Balaban J connectivity index is 2.77. The highest BCUT2D eigenvalue weighted by Crippen LogP contribution is 2.07. The fourth-order valence-corrected chi connectivity index (χ4v) is 1.37. The lowest BCUT2D eigenvalue weighted by molar-refractivity contribution is 0.104. The summed E-state index contributed by atoms with van der Waals surface area (Å²) in [6, 6.07) is 7.85. The molecule has 0 heterocycles. The number of allylic oxidation sites excluding steroid dienone is 2. The van der Waals surface area contributed by atoms with Crippen LogP contribution in [-0.4, -0.2) is 5.78 Å². The van der Waals surface area contributed by atoms with Gasteiger partial charge in [0.25, 0.3) is 0 Å². The number of ketones is 1. The van der Waals surface area contributed by atoms with Gasteiger partial charge >= 0.3 is 0 Å². The third-order valence-corrected chi connectivity index (χ3v) is 2.10. The van der Waals surface area contributed by atoms with Crippen LogP contribution in [0.15, 0.2) is 36.4 Å². The first kappa shape index (κ1) is 10.7. The molecular weight excluding hydrogens is 172 g/mol. The van der Waals surface area contributed by atoms with Gasteiger partial charge in [-0.2, -0.15) is 0 Å². The average Bonchev–Trinajstić information content (AvgIpc) is 2.20. The maximum absolute atomic E-state index is 11.4. The Morgan fingerprint density at radius 3 is 2.43 bits per heavy atom. The molecule has 0 saturated heterocycles. The molecule has 0 fully saturated rings. The predicted molar refractivity (Wildman–Crippen MR) is 59.6 cm³/mol. The summed E-state index contributed by atoms with van der Waals surface area (Å²) in [4.78, 5) is 11.4. The highest BCUT2D eigenvalue weighted by molar-refractivity contribution is 6.04. The largest absolute Gasteiger partial charge is 0.289 e. The maximum atomic E-state index is 11.4. The van der Waals surface area contributed by atoms with Gasteiger partial charge in [0.05, 0.1) is 0 Å². The van der Waals surface area contributed by atoms with E-state index in [1.165, 1.54) is 5.56 Å². The molecule has 1 heteroatoms. The number of carbonyl (C=O) groups excluding carboxylic acids is 1. The first-order valence-corrected chi connectivity index (χ1v) is 5.04. The van der Waals surface area contributed by atoms with E-state index in [0.29, 0.717) is 0 Å². The van der Waals surface area contributed by atoms with Crippen LogP contribution in [0.5, 0.6) is 0 Å². The zero-order valence-corrected chi connectivity index (χ0v) is 8.79. The fourth-order valence-electron chi connectivity index (χ4n) is 1.37. The molecule has 1 nitrogen and oxygen atoms in total. The Labute approximate surface area is 85.5 Å². The van der Waals surface area contributed by atoms with E-state index in [-0.39, 0.29) is 5.78 Å². The van der Waals surface area contributed by atoms with Gasteiger partial charge in [-0.1, -0.05) is 43.7 Å². The van der Waals surface area contributed by atoms with E-state index < -0.39 is 0 Å². The summed E-state index contributed by atoms with van der Waals surface area (Å²) in [6.07, 6.45) is 5.58. The van der Waals surface area contributed by atoms with Crippen molar-refractivity contribution < 1.29 is 4.79 Å². The lowest BCUT2D eigenvalue weighted by Crippen LogP contribution is -1.94. The van der Waals surface area contributed by atoms with Crippen LogP contribution >= 0.6 is 0 Å². The molecule has 0 amide bonds. The van der Waals surface area contributed by atoms with Gasteiger partial charge in [-0.15, -0.1) is 0 Å². The Morgan fingerprint density at radius 1 is 1.29 bits per heavy atom. The normalized spacial score (nSPS) is 10.7. The quantitative estimate of drug-likeness (QED) is 0.523. The van der Waals surface area contributed by atoms with Crippen LogP contribution < -0.4 is 0 Å². The first-order chi connectivity index (χ1) is 6.77. The van der Waals surface area contributed by atoms with Crippen molar-refractivity contribution in [3.63, 3.8) is 0 Å². The van der Waals surface area contributed by atoms with Gasteiger partial charge in [0, 0.05) is 5.56 Å². The van der Waals surface area contributed by atoms with Crippen molar-refractivity contribution in [2.75, 3.05) is 0 Å². The van der Waals surface area contributed by atoms with Crippen LogP contribution in [0.2, 0.25) is 0 Å². The molecule has 0 bridgehead atoms. The molecular formula is C13H16O. The summed E-state index contributed by atoms with van der Waals surface area (Å²) in [5.41, 5.74) is 2.06. The number of hydrogen-bond acceptors (Lipinski definition) is 1. The van der Waals surface area contributed by atoms with Crippen molar-refractivity contribution in [1.29, 1.82) is 0 Å². The highest BCUT2D eigenvalue weighted by Gasteiger charge is 2.00. The Kier molecular flexibility index (Phi) is 4.11. The fraction of sp³-hybridized carbons (Fsp3) is 0.308. The first-order valence-electron chi connectivity index (χ1n) is 5.04. The van der Waals surface area contributed by atoms with Crippen molar-refractivity contribution >= 4 is 5.78 Å². The van der Waals surface area contributed by atoms with E-state index in [2.05, 4.69) is 6.92 Å². The maximum Gasteiger partial charge on any atom is 0.185 e. The van der Waals surface area contributed by atoms with Crippen LogP contribution in [0, 0.1) is 0 Å². The van der Waals surface area contributed by atoms with Gasteiger partial charge in [0.2, 0.25) is 0 Å². The molecule has 0 aliphatic carbocycles. The third kappa shape index (κ3) is 2.84. The van der Waals surface area contributed by atoms with Gasteiger partial charge < -0.3 is 0 Å². The predicted octanol–water partition coefficient (Wildman–Crippen LogP) is 3.40. The number of rotatable bonds is 4. The molecule has 0 unspecified atom stereocenters. The number of hydrogen-bond donors (Lipinski definition) is 0. The molecule has 0 saturated carbocycles. The molecule has 0 aliphatic heterocycles. The summed E-state index contributed by atoms with van der Waals surface area (Å²) >= 11 is 0. The average molecular weight is 188 g/mol. The molecule has 1 aromatic rings. The lowest BCUT2D eigenvalue weighted by atomic mass is 10.1. The van der Waals surface area contributed by atoms with Gasteiger partial charge in [0.15, 0.2) is 5.78 Å². The molecule has 0 spiro atoms. The van der Waals surface area contributed by atoms with Crippen molar-refractivity contribution in [1.82, 2.24) is 0 Å². The second-order valence-electron chi connectivity index (χ2n) is 3.31. The Bertz CT molecular complexity index is 320. The smallest absolute Gasteiger partial charge is 0.185 e. The van der Waals surface area contributed by atoms with E-state index in [1.54, 1.807) is 12.2 Å². The molecule has 0 radical (unpaired) electrons. The molecule has 14 heavy (non-hydrogen) atoms. The third-order valence-electron chi connectivity index (χ3n) is 2.10. The van der Waals surface area contributed by atoms with E-state index in [4.69, 9.17) is 0 Å². The molecule has 74 valence electrons. The molecule has 0 aromatic heterocycles. The van der Waals surface area contributed by atoms with Gasteiger partial charge in [-0.25, -0.2) is 0 Å². The summed E-state index contributed by atoms with van der Waals surface area (Å²) < 4.78 is 0. The number of carbonyl (C=O) groups is 1. The zero-order valence-electron chi connectivity index (χ0n) is 8.79. The second-order valence-corrected chi connectivity index (χ2v) is 3.31. The van der Waals surface area contributed by atoms with E-state index in [0.717, 1.165) is 18.4 Å². The van der Waals surface area contributed by atoms with Crippen molar-refractivity contribution in [2.45, 2.75) is 26.7 Å². The van der Waals surface area contributed by atoms with Crippen LogP contribution in [0.25, 0.3) is 0 Å².